The van der Waals surface area contributed by atoms with E-state index in [0.29, 0.717) is 11.3 Å². The van der Waals surface area contributed by atoms with Gasteiger partial charge in [-0.05, 0) is 86.0 Å². The molecule has 1 amide bonds. The highest BCUT2D eigenvalue weighted by atomic mass is 32.2. The van der Waals surface area contributed by atoms with Gasteiger partial charge in [0.25, 0.3) is 15.9 Å². The van der Waals surface area contributed by atoms with Crippen molar-refractivity contribution in [2.45, 2.75) is 36.6 Å². The smallest absolute Gasteiger partial charge is 0.261 e. The predicted molar refractivity (Wildman–Crippen MR) is 129 cm³/mol. The summed E-state index contributed by atoms with van der Waals surface area (Å²) in [5, 5.41) is 2.85. The number of aryl methyl sites for hydroxylation is 2. The van der Waals surface area contributed by atoms with Crippen molar-refractivity contribution in [3.63, 3.8) is 0 Å². The molecule has 0 saturated heterocycles. The van der Waals surface area contributed by atoms with Gasteiger partial charge in [-0.2, -0.15) is 0 Å². The monoisotopic (exact) mass is 486 g/mol. The molecule has 0 heterocycles. The number of rotatable bonds is 7. The van der Waals surface area contributed by atoms with Crippen LogP contribution in [0.5, 0.6) is 0 Å². The quantitative estimate of drug-likeness (QED) is 0.525. The van der Waals surface area contributed by atoms with Crippen LogP contribution in [0.2, 0.25) is 0 Å². The lowest BCUT2D eigenvalue weighted by Gasteiger charge is -2.15. The van der Waals surface area contributed by atoms with Crippen molar-refractivity contribution in [3.8, 4) is 0 Å². The Kier molecular flexibility index (Phi) is 6.94. The van der Waals surface area contributed by atoms with Gasteiger partial charge in [-0.15, -0.1) is 0 Å². The maximum Gasteiger partial charge on any atom is 0.261 e. The minimum Gasteiger partial charge on any atom is -0.346 e. The first-order valence-electron chi connectivity index (χ1n) is 10.2. The van der Waals surface area contributed by atoms with Gasteiger partial charge in [0.15, 0.2) is 9.84 Å². The summed E-state index contributed by atoms with van der Waals surface area (Å²) in [6, 6.07) is 17.0. The van der Waals surface area contributed by atoms with Gasteiger partial charge >= 0.3 is 0 Å². The van der Waals surface area contributed by atoms with Gasteiger partial charge in [0.2, 0.25) is 0 Å². The molecular formula is C24H26N2O5S2. The molecule has 9 heteroatoms. The van der Waals surface area contributed by atoms with E-state index in [-0.39, 0.29) is 21.7 Å². The second-order valence-electron chi connectivity index (χ2n) is 7.97. The van der Waals surface area contributed by atoms with Crippen LogP contribution in [0, 0.1) is 13.8 Å². The van der Waals surface area contributed by atoms with Gasteiger partial charge < -0.3 is 5.32 Å². The third-order valence-corrected chi connectivity index (χ3v) is 7.85. The van der Waals surface area contributed by atoms with Crippen LogP contribution in [0.4, 0.5) is 5.69 Å². The summed E-state index contributed by atoms with van der Waals surface area (Å²) in [6.07, 6.45) is 1.14. The fraction of sp³-hybridized carbons (Fsp3) is 0.208. The van der Waals surface area contributed by atoms with Crippen molar-refractivity contribution in [1.29, 1.82) is 0 Å². The van der Waals surface area contributed by atoms with Gasteiger partial charge in [-0.3, -0.25) is 9.52 Å². The van der Waals surface area contributed by atoms with E-state index in [2.05, 4.69) is 10.0 Å². The Balaban J connectivity index is 1.68. The summed E-state index contributed by atoms with van der Waals surface area (Å²) in [5.74, 6) is -0.335. The zero-order chi connectivity index (χ0) is 24.4. The van der Waals surface area contributed by atoms with Crippen LogP contribution in [-0.4, -0.2) is 29.0 Å². The van der Waals surface area contributed by atoms with Crippen molar-refractivity contribution in [2.75, 3.05) is 11.0 Å². The number of hydrogen-bond donors (Lipinski definition) is 2. The molecule has 1 atom stereocenters. The molecule has 2 N–H and O–H groups in total. The fourth-order valence-corrected chi connectivity index (χ4v) is 4.93. The molecule has 0 fully saturated rings. The van der Waals surface area contributed by atoms with E-state index in [1.54, 1.807) is 37.3 Å². The lowest BCUT2D eigenvalue weighted by Crippen LogP contribution is -2.26. The molecule has 1 unspecified atom stereocenters. The predicted octanol–water partition coefficient (Wildman–Crippen LogP) is 4.00. The van der Waals surface area contributed by atoms with E-state index < -0.39 is 19.9 Å². The van der Waals surface area contributed by atoms with Crippen LogP contribution < -0.4 is 10.0 Å². The van der Waals surface area contributed by atoms with E-state index in [1.807, 2.05) is 13.8 Å². The molecule has 174 valence electrons. The average Bonchev–Trinajstić information content (AvgIpc) is 2.75. The molecule has 0 aromatic heterocycles. The first kappa shape index (κ1) is 24.5. The van der Waals surface area contributed by atoms with Crippen LogP contribution in [0.1, 0.15) is 40.0 Å². The van der Waals surface area contributed by atoms with Crippen molar-refractivity contribution >= 4 is 31.5 Å². The molecule has 33 heavy (non-hydrogen) atoms. The number of nitrogens with one attached hydrogen (secondary N) is 2. The average molecular weight is 487 g/mol. The van der Waals surface area contributed by atoms with E-state index in [0.717, 1.165) is 22.9 Å². The third kappa shape index (κ3) is 6.00. The lowest BCUT2D eigenvalue weighted by molar-refractivity contribution is 0.0940. The molecule has 3 rings (SSSR count). The van der Waals surface area contributed by atoms with E-state index in [1.165, 1.54) is 36.4 Å². The summed E-state index contributed by atoms with van der Waals surface area (Å²) in [5.41, 5.74) is 3.35. The van der Waals surface area contributed by atoms with Crippen LogP contribution in [0.25, 0.3) is 0 Å². The highest BCUT2D eigenvalue weighted by Crippen LogP contribution is 2.20. The van der Waals surface area contributed by atoms with Crippen molar-refractivity contribution in [3.05, 3.63) is 89.0 Å². The Morgan fingerprint density at radius 3 is 1.91 bits per heavy atom. The van der Waals surface area contributed by atoms with Crippen molar-refractivity contribution < 1.29 is 21.6 Å². The number of anilines is 1. The van der Waals surface area contributed by atoms with Gasteiger partial charge in [0.05, 0.1) is 15.8 Å². The minimum absolute atomic E-state index is 0.170. The van der Waals surface area contributed by atoms with E-state index in [4.69, 9.17) is 0 Å². The summed E-state index contributed by atoms with van der Waals surface area (Å²) in [6.45, 7) is 5.55. The maximum absolute atomic E-state index is 12.6. The van der Waals surface area contributed by atoms with E-state index in [9.17, 15) is 21.6 Å². The number of carbonyl (C=O) groups is 1. The molecule has 0 bridgehead atoms. The largest absolute Gasteiger partial charge is 0.346 e. The summed E-state index contributed by atoms with van der Waals surface area (Å²) < 4.78 is 51.0. The molecule has 0 radical (unpaired) electrons. The highest BCUT2D eigenvalue weighted by Gasteiger charge is 2.16. The zero-order valence-corrected chi connectivity index (χ0v) is 20.4. The number of sulfonamides is 1. The van der Waals surface area contributed by atoms with Crippen LogP contribution >= 0.6 is 0 Å². The van der Waals surface area contributed by atoms with Gasteiger partial charge in [0.1, 0.15) is 0 Å². The zero-order valence-electron chi connectivity index (χ0n) is 18.8. The normalized spacial score (nSPS) is 12.7. The van der Waals surface area contributed by atoms with Crippen LogP contribution in [0.3, 0.4) is 0 Å². The Morgan fingerprint density at radius 1 is 0.788 bits per heavy atom. The third-order valence-electron chi connectivity index (χ3n) is 5.34. The maximum atomic E-state index is 12.6. The Hall–Kier alpha value is -3.17. The summed E-state index contributed by atoms with van der Waals surface area (Å²) in [4.78, 5) is 13.0. The first-order chi connectivity index (χ1) is 15.4. The number of benzene rings is 3. The molecule has 0 saturated carbocycles. The Morgan fingerprint density at radius 2 is 1.36 bits per heavy atom. The standard InChI is InChI=1S/C24H26N2O5S2/c1-16-5-12-23(15-17(16)2)33(30,31)26-21-10-6-20(7-11-21)24(27)25-18(3)19-8-13-22(14-9-19)32(4,28)29/h5-15,18,26H,1-4H3,(H,25,27). The van der Waals surface area contributed by atoms with E-state index >= 15 is 0 Å². The second kappa shape index (κ2) is 9.36. The number of sulfone groups is 1. The molecular weight excluding hydrogens is 460 g/mol. The van der Waals surface area contributed by atoms with Crippen LogP contribution in [0.15, 0.2) is 76.5 Å². The molecule has 7 nitrogen and oxygen atoms in total. The number of carbonyl (C=O) groups excluding carboxylic acids is 1. The van der Waals surface area contributed by atoms with Crippen molar-refractivity contribution in [2.24, 2.45) is 0 Å². The highest BCUT2D eigenvalue weighted by molar-refractivity contribution is 7.92. The summed E-state index contributed by atoms with van der Waals surface area (Å²) >= 11 is 0. The molecule has 3 aromatic rings. The molecule has 0 aliphatic carbocycles. The minimum atomic E-state index is -3.75. The van der Waals surface area contributed by atoms with Gasteiger partial charge in [0, 0.05) is 17.5 Å². The number of hydrogen-bond acceptors (Lipinski definition) is 5. The second-order valence-corrected chi connectivity index (χ2v) is 11.7. The van der Waals surface area contributed by atoms with Crippen molar-refractivity contribution in [1.82, 2.24) is 5.32 Å². The molecule has 3 aromatic carbocycles. The van der Waals surface area contributed by atoms with Gasteiger partial charge in [-0.1, -0.05) is 18.2 Å². The molecule has 0 aliphatic rings. The molecule has 0 aliphatic heterocycles. The number of amides is 1. The SMILES string of the molecule is Cc1ccc(S(=O)(=O)Nc2ccc(C(=O)NC(C)c3ccc(S(C)(=O)=O)cc3)cc2)cc1C. The lowest BCUT2D eigenvalue weighted by atomic mass is 10.1. The van der Waals surface area contributed by atoms with Gasteiger partial charge in [-0.25, -0.2) is 16.8 Å². The Labute approximate surface area is 194 Å². The topological polar surface area (TPSA) is 109 Å². The fourth-order valence-electron chi connectivity index (χ4n) is 3.15. The summed E-state index contributed by atoms with van der Waals surface area (Å²) in [7, 11) is -7.03. The van der Waals surface area contributed by atoms with Crippen LogP contribution in [-0.2, 0) is 19.9 Å². The molecule has 0 spiro atoms. The first-order valence-corrected chi connectivity index (χ1v) is 13.6. The Bertz CT molecular complexity index is 1380.